The second kappa shape index (κ2) is 8.17. The Morgan fingerprint density at radius 2 is 1.80 bits per heavy atom. The largest absolute Gasteiger partial charge is 0.496 e. The highest BCUT2D eigenvalue weighted by atomic mass is 16.5. The second-order valence-corrected chi connectivity index (χ2v) is 6.53. The lowest BCUT2D eigenvalue weighted by Gasteiger charge is -2.22. The summed E-state index contributed by atoms with van der Waals surface area (Å²) < 4.78 is 5.65. The summed E-state index contributed by atoms with van der Waals surface area (Å²) in [6.45, 7) is 6.08. The quantitative estimate of drug-likeness (QED) is 0.856. The molecule has 1 aliphatic heterocycles. The maximum atomic E-state index is 11.6. The summed E-state index contributed by atoms with van der Waals surface area (Å²) in [7, 11) is 1.73. The molecule has 1 heterocycles. The molecule has 0 spiro atoms. The molecule has 25 heavy (non-hydrogen) atoms. The van der Waals surface area contributed by atoms with E-state index >= 15 is 0 Å². The fourth-order valence-electron chi connectivity index (χ4n) is 3.37. The van der Waals surface area contributed by atoms with Crippen molar-refractivity contribution in [2.24, 2.45) is 0 Å². The van der Waals surface area contributed by atoms with Gasteiger partial charge in [0, 0.05) is 45.2 Å². The number of nitrogens with zero attached hydrogens (tertiary/aromatic N) is 2. The number of ether oxygens (including phenoxy) is 1. The van der Waals surface area contributed by atoms with Crippen LogP contribution in [0.3, 0.4) is 0 Å². The molecule has 0 atom stereocenters. The first-order chi connectivity index (χ1) is 12.2. The Bertz CT molecular complexity index is 715. The predicted molar refractivity (Wildman–Crippen MR) is 101 cm³/mol. The Morgan fingerprint density at radius 3 is 2.52 bits per heavy atom. The van der Waals surface area contributed by atoms with Crippen molar-refractivity contribution in [3.63, 3.8) is 0 Å². The van der Waals surface area contributed by atoms with E-state index in [9.17, 15) is 4.79 Å². The molecule has 0 N–H and O–H groups in total. The van der Waals surface area contributed by atoms with Gasteiger partial charge in [-0.3, -0.25) is 9.69 Å². The Labute approximate surface area is 150 Å². The molecule has 132 valence electrons. The van der Waals surface area contributed by atoms with Crippen molar-refractivity contribution < 1.29 is 9.53 Å². The van der Waals surface area contributed by atoms with Crippen LogP contribution in [0.4, 0.5) is 0 Å². The molecular formula is C21H26N2O2. The zero-order valence-corrected chi connectivity index (χ0v) is 15.1. The van der Waals surface area contributed by atoms with Gasteiger partial charge in [-0.05, 0) is 23.6 Å². The van der Waals surface area contributed by atoms with E-state index in [0.29, 0.717) is 0 Å². The summed E-state index contributed by atoms with van der Waals surface area (Å²) in [4.78, 5) is 15.9. The Kier molecular flexibility index (Phi) is 5.71. The van der Waals surface area contributed by atoms with Crippen LogP contribution in [0, 0.1) is 0 Å². The molecule has 2 aromatic rings. The summed E-state index contributed by atoms with van der Waals surface area (Å²) in [6, 6.07) is 16.8. The fourth-order valence-corrected chi connectivity index (χ4v) is 3.37. The number of rotatable bonds is 4. The molecular weight excluding hydrogens is 312 g/mol. The highest BCUT2D eigenvalue weighted by Crippen LogP contribution is 2.28. The van der Waals surface area contributed by atoms with Crippen molar-refractivity contribution in [2.45, 2.75) is 19.9 Å². The van der Waals surface area contributed by atoms with Crippen molar-refractivity contribution in [1.82, 2.24) is 9.80 Å². The average Bonchev–Trinajstić information content (AvgIpc) is 2.88. The summed E-state index contributed by atoms with van der Waals surface area (Å²) in [6.07, 6.45) is 1.02. The predicted octanol–water partition coefficient (Wildman–Crippen LogP) is 3.42. The van der Waals surface area contributed by atoms with Gasteiger partial charge in [0.15, 0.2) is 0 Å². The molecule has 2 aromatic carbocycles. The number of carbonyl (C=O) groups excluding carboxylic acids is 1. The standard InChI is InChI=1S/C21H26N2O2/c1-17(24)23-12-6-11-22(13-14-23)16-20-10-9-19(15-21(20)25-2)18-7-4-3-5-8-18/h3-5,7-10,15H,6,11-14,16H2,1-2H3. The van der Waals surface area contributed by atoms with Gasteiger partial charge in [-0.15, -0.1) is 0 Å². The van der Waals surface area contributed by atoms with E-state index in [4.69, 9.17) is 4.74 Å². The highest BCUT2D eigenvalue weighted by Gasteiger charge is 2.18. The topological polar surface area (TPSA) is 32.8 Å². The molecule has 0 unspecified atom stereocenters. The van der Waals surface area contributed by atoms with E-state index < -0.39 is 0 Å². The Morgan fingerprint density at radius 1 is 1.00 bits per heavy atom. The van der Waals surface area contributed by atoms with Crippen LogP contribution in [0.15, 0.2) is 48.5 Å². The minimum absolute atomic E-state index is 0.173. The van der Waals surface area contributed by atoms with Crippen molar-refractivity contribution in [3.8, 4) is 16.9 Å². The summed E-state index contributed by atoms with van der Waals surface area (Å²) in [5.74, 6) is 1.10. The van der Waals surface area contributed by atoms with E-state index in [2.05, 4.69) is 35.2 Å². The molecule has 4 nitrogen and oxygen atoms in total. The molecule has 0 bridgehead atoms. The summed E-state index contributed by atoms with van der Waals surface area (Å²) in [5, 5.41) is 0. The van der Waals surface area contributed by atoms with Crippen LogP contribution >= 0.6 is 0 Å². The third kappa shape index (κ3) is 4.40. The minimum atomic E-state index is 0.173. The average molecular weight is 338 g/mol. The first-order valence-electron chi connectivity index (χ1n) is 8.87. The molecule has 1 fully saturated rings. The maximum absolute atomic E-state index is 11.6. The van der Waals surface area contributed by atoms with Gasteiger partial charge in [0.25, 0.3) is 0 Å². The van der Waals surface area contributed by atoms with Gasteiger partial charge >= 0.3 is 0 Å². The Hall–Kier alpha value is -2.33. The molecule has 4 heteroatoms. The van der Waals surface area contributed by atoms with E-state index in [0.717, 1.165) is 44.9 Å². The van der Waals surface area contributed by atoms with Crippen molar-refractivity contribution in [3.05, 3.63) is 54.1 Å². The van der Waals surface area contributed by atoms with Gasteiger partial charge in [-0.2, -0.15) is 0 Å². The van der Waals surface area contributed by atoms with Gasteiger partial charge in [0.1, 0.15) is 5.75 Å². The molecule has 1 amide bonds. The molecule has 1 saturated heterocycles. The third-order valence-electron chi connectivity index (χ3n) is 4.82. The number of hydrogen-bond donors (Lipinski definition) is 0. The molecule has 0 radical (unpaired) electrons. The maximum Gasteiger partial charge on any atom is 0.219 e. The highest BCUT2D eigenvalue weighted by molar-refractivity contribution is 5.73. The first kappa shape index (κ1) is 17.5. The lowest BCUT2D eigenvalue weighted by atomic mass is 10.0. The summed E-state index contributed by atoms with van der Waals surface area (Å²) in [5.41, 5.74) is 3.55. The lowest BCUT2D eigenvalue weighted by Crippen LogP contribution is -2.33. The van der Waals surface area contributed by atoms with Gasteiger partial charge in [-0.25, -0.2) is 0 Å². The normalized spacial score (nSPS) is 15.7. The van der Waals surface area contributed by atoms with Crippen LogP contribution in [-0.4, -0.2) is 49.0 Å². The smallest absolute Gasteiger partial charge is 0.219 e. The van der Waals surface area contributed by atoms with Gasteiger partial charge in [0.05, 0.1) is 7.11 Å². The van der Waals surface area contributed by atoms with Crippen LogP contribution in [0.25, 0.3) is 11.1 Å². The molecule has 1 aliphatic rings. The van der Waals surface area contributed by atoms with Crippen LogP contribution in [0.5, 0.6) is 5.75 Å². The minimum Gasteiger partial charge on any atom is -0.496 e. The first-order valence-corrected chi connectivity index (χ1v) is 8.87. The number of benzene rings is 2. The lowest BCUT2D eigenvalue weighted by molar-refractivity contribution is -0.128. The number of methoxy groups -OCH3 is 1. The fraction of sp³-hybridized carbons (Fsp3) is 0.381. The zero-order valence-electron chi connectivity index (χ0n) is 15.1. The monoisotopic (exact) mass is 338 g/mol. The molecule has 0 aliphatic carbocycles. The van der Waals surface area contributed by atoms with Crippen LogP contribution < -0.4 is 4.74 Å². The van der Waals surface area contributed by atoms with Crippen LogP contribution in [0.2, 0.25) is 0 Å². The SMILES string of the molecule is COc1cc(-c2ccccc2)ccc1CN1CCCN(C(C)=O)CC1. The Balaban J connectivity index is 1.73. The van der Waals surface area contributed by atoms with Gasteiger partial charge in [-0.1, -0.05) is 42.5 Å². The molecule has 3 rings (SSSR count). The second-order valence-electron chi connectivity index (χ2n) is 6.53. The molecule has 0 saturated carbocycles. The van der Waals surface area contributed by atoms with E-state index in [1.165, 1.54) is 16.7 Å². The number of amides is 1. The van der Waals surface area contributed by atoms with Gasteiger partial charge < -0.3 is 9.64 Å². The number of hydrogen-bond acceptors (Lipinski definition) is 3. The summed E-state index contributed by atoms with van der Waals surface area (Å²) >= 11 is 0. The van der Waals surface area contributed by atoms with Gasteiger partial charge in [0.2, 0.25) is 5.91 Å². The van der Waals surface area contributed by atoms with E-state index in [1.807, 2.05) is 23.1 Å². The van der Waals surface area contributed by atoms with E-state index in [1.54, 1.807) is 14.0 Å². The van der Waals surface area contributed by atoms with Crippen LogP contribution in [-0.2, 0) is 11.3 Å². The van der Waals surface area contributed by atoms with Crippen molar-refractivity contribution >= 4 is 5.91 Å². The van der Waals surface area contributed by atoms with Crippen molar-refractivity contribution in [1.29, 1.82) is 0 Å². The van der Waals surface area contributed by atoms with E-state index in [-0.39, 0.29) is 5.91 Å². The van der Waals surface area contributed by atoms with Crippen LogP contribution in [0.1, 0.15) is 18.9 Å². The molecule has 0 aromatic heterocycles. The third-order valence-corrected chi connectivity index (χ3v) is 4.82. The van der Waals surface area contributed by atoms with Crippen molar-refractivity contribution in [2.75, 3.05) is 33.3 Å². The zero-order chi connectivity index (χ0) is 17.6. The number of carbonyl (C=O) groups is 1.